The summed E-state index contributed by atoms with van der Waals surface area (Å²) in [4.78, 5) is 10.8. The van der Waals surface area contributed by atoms with E-state index in [2.05, 4.69) is 6.92 Å². The number of carbonyl (C=O) groups is 1. The van der Waals surface area contributed by atoms with Crippen LogP contribution < -0.4 is 0 Å². The van der Waals surface area contributed by atoms with Crippen molar-refractivity contribution in [2.75, 3.05) is 0 Å². The second-order valence-electron chi connectivity index (χ2n) is 2.60. The SMILES string of the molecule is CCCCCC(=O)C(C)O. The Bertz CT molecular complexity index is 97.4. The van der Waals surface area contributed by atoms with Crippen LogP contribution in [0.2, 0.25) is 0 Å². The normalized spacial score (nSPS) is 13.1. The maximum absolute atomic E-state index is 10.8. The van der Waals surface area contributed by atoms with E-state index in [0.717, 1.165) is 19.3 Å². The minimum atomic E-state index is -0.767. The molecule has 0 aliphatic heterocycles. The first-order valence-electron chi connectivity index (χ1n) is 3.89. The second kappa shape index (κ2) is 5.42. The van der Waals surface area contributed by atoms with Gasteiger partial charge in [-0.2, -0.15) is 0 Å². The van der Waals surface area contributed by atoms with Crippen molar-refractivity contribution in [2.45, 2.75) is 45.6 Å². The molecule has 0 saturated carbocycles. The lowest BCUT2D eigenvalue weighted by atomic mass is 10.1. The lowest BCUT2D eigenvalue weighted by Crippen LogP contribution is -2.15. The van der Waals surface area contributed by atoms with Crippen molar-refractivity contribution in [1.29, 1.82) is 0 Å². The van der Waals surface area contributed by atoms with Crippen LogP contribution in [-0.4, -0.2) is 17.0 Å². The molecule has 1 N–H and O–H groups in total. The van der Waals surface area contributed by atoms with Gasteiger partial charge in [-0.1, -0.05) is 19.8 Å². The summed E-state index contributed by atoms with van der Waals surface area (Å²) in [6.07, 6.45) is 2.88. The van der Waals surface area contributed by atoms with Gasteiger partial charge in [0.1, 0.15) is 6.10 Å². The molecule has 2 nitrogen and oxygen atoms in total. The Morgan fingerprint density at radius 1 is 1.50 bits per heavy atom. The molecule has 0 rings (SSSR count). The molecule has 0 aromatic carbocycles. The number of aliphatic hydroxyl groups is 1. The Morgan fingerprint density at radius 2 is 2.10 bits per heavy atom. The van der Waals surface area contributed by atoms with Crippen molar-refractivity contribution >= 4 is 5.78 Å². The number of aliphatic hydroxyl groups excluding tert-OH is 1. The summed E-state index contributed by atoms with van der Waals surface area (Å²) in [6.45, 7) is 3.61. The molecule has 0 spiro atoms. The van der Waals surface area contributed by atoms with Crippen molar-refractivity contribution in [2.24, 2.45) is 0 Å². The quantitative estimate of drug-likeness (QED) is 0.594. The van der Waals surface area contributed by atoms with Gasteiger partial charge in [0.05, 0.1) is 0 Å². The largest absolute Gasteiger partial charge is 0.386 e. The van der Waals surface area contributed by atoms with Gasteiger partial charge < -0.3 is 5.11 Å². The first kappa shape index (κ1) is 9.63. The highest BCUT2D eigenvalue weighted by atomic mass is 16.3. The average Bonchev–Trinajstić information content (AvgIpc) is 1.88. The lowest BCUT2D eigenvalue weighted by molar-refractivity contribution is -0.126. The summed E-state index contributed by atoms with van der Waals surface area (Å²) < 4.78 is 0. The topological polar surface area (TPSA) is 37.3 Å². The Balaban J connectivity index is 3.22. The van der Waals surface area contributed by atoms with Crippen LogP contribution in [-0.2, 0) is 4.79 Å². The molecule has 10 heavy (non-hydrogen) atoms. The molecule has 0 aliphatic carbocycles. The predicted molar refractivity (Wildman–Crippen MR) is 40.8 cm³/mol. The van der Waals surface area contributed by atoms with E-state index in [0.29, 0.717) is 6.42 Å². The number of ketones is 1. The van der Waals surface area contributed by atoms with Crippen LogP contribution in [0.1, 0.15) is 39.5 Å². The molecule has 0 aromatic rings. The molecule has 1 unspecified atom stereocenters. The molecule has 0 bridgehead atoms. The lowest BCUT2D eigenvalue weighted by Gasteiger charge is -2.00. The Hall–Kier alpha value is -0.370. The van der Waals surface area contributed by atoms with E-state index in [-0.39, 0.29) is 5.78 Å². The van der Waals surface area contributed by atoms with E-state index >= 15 is 0 Å². The maximum Gasteiger partial charge on any atom is 0.160 e. The molecule has 0 aromatic heterocycles. The average molecular weight is 144 g/mol. The highest BCUT2D eigenvalue weighted by Crippen LogP contribution is 2.01. The van der Waals surface area contributed by atoms with E-state index in [1.165, 1.54) is 6.92 Å². The highest BCUT2D eigenvalue weighted by molar-refractivity contribution is 5.82. The predicted octanol–water partition coefficient (Wildman–Crippen LogP) is 1.52. The fourth-order valence-electron chi connectivity index (χ4n) is 0.758. The van der Waals surface area contributed by atoms with Gasteiger partial charge in [0.2, 0.25) is 0 Å². The standard InChI is InChI=1S/C8H16O2/c1-3-4-5-6-8(10)7(2)9/h7,9H,3-6H2,1-2H3. The summed E-state index contributed by atoms with van der Waals surface area (Å²) in [5, 5.41) is 8.77. The van der Waals surface area contributed by atoms with E-state index in [1.54, 1.807) is 0 Å². The minimum Gasteiger partial charge on any atom is -0.386 e. The zero-order chi connectivity index (χ0) is 7.98. The second-order valence-corrected chi connectivity index (χ2v) is 2.60. The molecule has 0 radical (unpaired) electrons. The van der Waals surface area contributed by atoms with Gasteiger partial charge in [-0.25, -0.2) is 0 Å². The summed E-state index contributed by atoms with van der Waals surface area (Å²) in [5.74, 6) is -0.0338. The molecular weight excluding hydrogens is 128 g/mol. The summed E-state index contributed by atoms with van der Waals surface area (Å²) in [7, 11) is 0. The van der Waals surface area contributed by atoms with Gasteiger partial charge >= 0.3 is 0 Å². The molecule has 0 saturated heterocycles. The van der Waals surface area contributed by atoms with E-state index in [4.69, 9.17) is 5.11 Å². The Kier molecular flexibility index (Phi) is 5.22. The zero-order valence-electron chi connectivity index (χ0n) is 6.76. The molecule has 0 aliphatic rings. The third-order valence-electron chi connectivity index (χ3n) is 1.49. The Labute approximate surface area is 62.2 Å². The first-order valence-corrected chi connectivity index (χ1v) is 3.89. The molecule has 1 atom stereocenters. The Morgan fingerprint density at radius 3 is 2.50 bits per heavy atom. The monoisotopic (exact) mass is 144 g/mol. The third kappa shape index (κ3) is 4.50. The number of hydrogen-bond donors (Lipinski definition) is 1. The van der Waals surface area contributed by atoms with Crippen LogP contribution in [0, 0.1) is 0 Å². The number of hydrogen-bond acceptors (Lipinski definition) is 2. The van der Waals surface area contributed by atoms with E-state index < -0.39 is 6.10 Å². The molecule has 0 amide bonds. The number of unbranched alkanes of at least 4 members (excludes halogenated alkanes) is 2. The fraction of sp³-hybridized carbons (Fsp3) is 0.875. The molecule has 0 fully saturated rings. The van der Waals surface area contributed by atoms with Gasteiger partial charge in [-0.05, 0) is 13.3 Å². The van der Waals surface area contributed by atoms with Gasteiger partial charge in [0, 0.05) is 6.42 Å². The fourth-order valence-corrected chi connectivity index (χ4v) is 0.758. The smallest absolute Gasteiger partial charge is 0.160 e. The van der Waals surface area contributed by atoms with Crippen LogP contribution >= 0.6 is 0 Å². The van der Waals surface area contributed by atoms with Crippen LogP contribution in [0.15, 0.2) is 0 Å². The summed E-state index contributed by atoms with van der Waals surface area (Å²) in [5.41, 5.74) is 0. The van der Waals surface area contributed by atoms with Crippen molar-refractivity contribution in [1.82, 2.24) is 0 Å². The first-order chi connectivity index (χ1) is 4.68. The van der Waals surface area contributed by atoms with Crippen LogP contribution in [0.3, 0.4) is 0 Å². The maximum atomic E-state index is 10.8. The van der Waals surface area contributed by atoms with Crippen molar-refractivity contribution in [3.8, 4) is 0 Å². The van der Waals surface area contributed by atoms with Crippen molar-refractivity contribution in [3.05, 3.63) is 0 Å². The van der Waals surface area contributed by atoms with Crippen LogP contribution in [0.5, 0.6) is 0 Å². The van der Waals surface area contributed by atoms with Crippen molar-refractivity contribution < 1.29 is 9.90 Å². The highest BCUT2D eigenvalue weighted by Gasteiger charge is 2.06. The van der Waals surface area contributed by atoms with E-state index in [9.17, 15) is 4.79 Å². The zero-order valence-corrected chi connectivity index (χ0v) is 6.76. The van der Waals surface area contributed by atoms with Crippen LogP contribution in [0.4, 0.5) is 0 Å². The van der Waals surface area contributed by atoms with Crippen molar-refractivity contribution in [3.63, 3.8) is 0 Å². The minimum absolute atomic E-state index is 0.0338. The number of carbonyl (C=O) groups excluding carboxylic acids is 1. The molecule has 2 heteroatoms. The number of Topliss-reactive ketones (excluding diaryl/α,β-unsaturated/α-hetero) is 1. The van der Waals surface area contributed by atoms with Crippen LogP contribution in [0.25, 0.3) is 0 Å². The summed E-state index contributed by atoms with van der Waals surface area (Å²) in [6, 6.07) is 0. The molecule has 0 heterocycles. The number of rotatable bonds is 5. The summed E-state index contributed by atoms with van der Waals surface area (Å²) >= 11 is 0. The molecular formula is C8H16O2. The van der Waals surface area contributed by atoms with Gasteiger partial charge in [-0.15, -0.1) is 0 Å². The van der Waals surface area contributed by atoms with Gasteiger partial charge in [0.15, 0.2) is 5.78 Å². The van der Waals surface area contributed by atoms with Gasteiger partial charge in [0.25, 0.3) is 0 Å². The van der Waals surface area contributed by atoms with Gasteiger partial charge in [-0.3, -0.25) is 4.79 Å². The van der Waals surface area contributed by atoms with E-state index in [1.807, 2.05) is 0 Å². The third-order valence-corrected chi connectivity index (χ3v) is 1.49. The molecule has 60 valence electrons.